The predicted octanol–water partition coefficient (Wildman–Crippen LogP) is 5.66. The minimum atomic E-state index is -0.855. The molecule has 0 radical (unpaired) electrons. The lowest BCUT2D eigenvalue weighted by Crippen LogP contribution is -2.57. The molecule has 1 unspecified atom stereocenters. The Bertz CT molecular complexity index is 780. The standard InChI is InChI=1S/C29H46N2O5/c1-3-5-7-9-10-11-12-14-22-36-27(32)23-26-28(33)30-19-20-31(26)29(34)24-15-17-25(18-16-24)35-21-13-8-6-4-2/h15-18,26H,3-14,19-23H2,1-2H3,(H,30,33). The van der Waals surface area contributed by atoms with E-state index in [0.29, 0.717) is 31.9 Å². The molecule has 1 N–H and O–H groups in total. The molecule has 1 saturated heterocycles. The minimum Gasteiger partial charge on any atom is -0.494 e. The summed E-state index contributed by atoms with van der Waals surface area (Å²) in [4.78, 5) is 39.6. The quantitative estimate of drug-likeness (QED) is 0.207. The van der Waals surface area contributed by atoms with Crippen LogP contribution in [-0.4, -0.2) is 55.0 Å². The number of rotatable bonds is 18. The van der Waals surface area contributed by atoms with Crippen LogP contribution in [-0.2, 0) is 14.3 Å². The van der Waals surface area contributed by atoms with Crippen molar-refractivity contribution < 1.29 is 23.9 Å². The Hall–Kier alpha value is -2.57. The van der Waals surface area contributed by atoms with Gasteiger partial charge < -0.3 is 19.7 Å². The Labute approximate surface area is 217 Å². The molecular formula is C29H46N2O5. The Balaban J connectivity index is 1.78. The summed E-state index contributed by atoms with van der Waals surface area (Å²) in [6.07, 6.45) is 13.7. The SMILES string of the molecule is CCCCCCCCCCOC(=O)CC1C(=O)NCCN1C(=O)c1ccc(OCCCCCC)cc1. The van der Waals surface area contributed by atoms with Crippen LogP contribution in [0.25, 0.3) is 0 Å². The third-order valence-corrected chi connectivity index (χ3v) is 6.58. The van der Waals surface area contributed by atoms with E-state index in [2.05, 4.69) is 19.2 Å². The largest absolute Gasteiger partial charge is 0.494 e. The van der Waals surface area contributed by atoms with Gasteiger partial charge in [-0.3, -0.25) is 14.4 Å². The first-order valence-corrected chi connectivity index (χ1v) is 14.0. The number of hydrogen-bond donors (Lipinski definition) is 1. The van der Waals surface area contributed by atoms with Crippen LogP contribution in [0.5, 0.6) is 5.75 Å². The van der Waals surface area contributed by atoms with Crippen molar-refractivity contribution in [1.29, 1.82) is 0 Å². The van der Waals surface area contributed by atoms with Gasteiger partial charge in [0.05, 0.1) is 19.6 Å². The first-order chi connectivity index (χ1) is 17.6. The third kappa shape index (κ3) is 11.0. The first-order valence-electron chi connectivity index (χ1n) is 14.0. The van der Waals surface area contributed by atoms with Gasteiger partial charge in [0.15, 0.2) is 0 Å². The highest BCUT2D eigenvalue weighted by atomic mass is 16.5. The molecule has 0 aromatic heterocycles. The van der Waals surface area contributed by atoms with Gasteiger partial charge in [0.1, 0.15) is 11.8 Å². The summed E-state index contributed by atoms with van der Waals surface area (Å²) in [5.74, 6) is -0.295. The van der Waals surface area contributed by atoms with Crippen molar-refractivity contribution in [2.75, 3.05) is 26.3 Å². The van der Waals surface area contributed by atoms with Crippen LogP contribution in [0.2, 0.25) is 0 Å². The number of carbonyl (C=O) groups excluding carboxylic acids is 3. The van der Waals surface area contributed by atoms with Gasteiger partial charge in [-0.15, -0.1) is 0 Å². The van der Waals surface area contributed by atoms with E-state index in [-0.39, 0.29) is 18.2 Å². The maximum atomic E-state index is 13.2. The molecule has 1 aliphatic rings. The van der Waals surface area contributed by atoms with Gasteiger partial charge in [0, 0.05) is 18.7 Å². The van der Waals surface area contributed by atoms with E-state index in [9.17, 15) is 14.4 Å². The van der Waals surface area contributed by atoms with Crippen LogP contribution in [0.1, 0.15) is 108 Å². The molecule has 0 spiro atoms. The lowest BCUT2D eigenvalue weighted by molar-refractivity contribution is -0.147. The molecule has 36 heavy (non-hydrogen) atoms. The van der Waals surface area contributed by atoms with Crippen LogP contribution in [0, 0.1) is 0 Å². The average molecular weight is 503 g/mol. The van der Waals surface area contributed by atoms with Crippen LogP contribution in [0.3, 0.4) is 0 Å². The second kappa shape index (κ2) is 17.8. The number of unbranched alkanes of at least 4 members (excludes halogenated alkanes) is 10. The molecule has 1 aliphatic heterocycles. The molecular weight excluding hydrogens is 456 g/mol. The fourth-order valence-electron chi connectivity index (χ4n) is 4.38. The molecule has 2 amide bonds. The maximum absolute atomic E-state index is 13.2. The zero-order valence-corrected chi connectivity index (χ0v) is 22.4. The third-order valence-electron chi connectivity index (χ3n) is 6.58. The molecule has 0 aliphatic carbocycles. The molecule has 0 bridgehead atoms. The summed E-state index contributed by atoms with van der Waals surface area (Å²) in [5.41, 5.74) is 0.473. The van der Waals surface area contributed by atoms with Crippen molar-refractivity contribution in [2.24, 2.45) is 0 Å². The minimum absolute atomic E-state index is 0.131. The highest BCUT2D eigenvalue weighted by Gasteiger charge is 2.35. The summed E-state index contributed by atoms with van der Waals surface area (Å²) in [7, 11) is 0. The normalized spacial score (nSPS) is 15.4. The number of benzene rings is 1. The Morgan fingerprint density at radius 1 is 0.861 bits per heavy atom. The Kier molecular flexibility index (Phi) is 14.7. The summed E-state index contributed by atoms with van der Waals surface area (Å²) in [5, 5.41) is 2.76. The second-order valence-corrected chi connectivity index (χ2v) is 9.64. The fraction of sp³-hybridized carbons (Fsp3) is 0.690. The van der Waals surface area contributed by atoms with E-state index in [1.165, 1.54) is 49.8 Å². The second-order valence-electron chi connectivity index (χ2n) is 9.64. The van der Waals surface area contributed by atoms with Gasteiger partial charge in [-0.05, 0) is 37.1 Å². The monoisotopic (exact) mass is 502 g/mol. The number of nitrogens with one attached hydrogen (secondary N) is 1. The average Bonchev–Trinajstić information content (AvgIpc) is 2.89. The number of carbonyl (C=O) groups is 3. The van der Waals surface area contributed by atoms with Gasteiger partial charge in [0.2, 0.25) is 5.91 Å². The van der Waals surface area contributed by atoms with Gasteiger partial charge in [-0.2, -0.15) is 0 Å². The summed E-state index contributed by atoms with van der Waals surface area (Å²) in [6, 6.07) is 6.14. The topological polar surface area (TPSA) is 84.9 Å². The van der Waals surface area contributed by atoms with E-state index < -0.39 is 12.0 Å². The van der Waals surface area contributed by atoms with Crippen LogP contribution < -0.4 is 10.1 Å². The molecule has 1 heterocycles. The number of nitrogens with zero attached hydrogens (tertiary/aromatic N) is 1. The number of esters is 1. The van der Waals surface area contributed by atoms with Crippen molar-refractivity contribution >= 4 is 17.8 Å². The van der Waals surface area contributed by atoms with Gasteiger partial charge >= 0.3 is 5.97 Å². The van der Waals surface area contributed by atoms with E-state index in [1.807, 2.05) is 0 Å². The van der Waals surface area contributed by atoms with E-state index in [0.717, 1.165) is 37.9 Å². The van der Waals surface area contributed by atoms with Crippen molar-refractivity contribution in [2.45, 2.75) is 103 Å². The van der Waals surface area contributed by atoms with Crippen molar-refractivity contribution in [3.05, 3.63) is 29.8 Å². The lowest BCUT2D eigenvalue weighted by atomic mass is 10.1. The zero-order valence-electron chi connectivity index (χ0n) is 22.4. The van der Waals surface area contributed by atoms with Gasteiger partial charge in [-0.1, -0.05) is 78.1 Å². The smallest absolute Gasteiger partial charge is 0.308 e. The Morgan fingerprint density at radius 3 is 2.11 bits per heavy atom. The van der Waals surface area contributed by atoms with Crippen molar-refractivity contribution in [1.82, 2.24) is 10.2 Å². The molecule has 1 aromatic rings. The fourth-order valence-corrected chi connectivity index (χ4v) is 4.38. The van der Waals surface area contributed by atoms with Crippen LogP contribution in [0.15, 0.2) is 24.3 Å². The predicted molar refractivity (Wildman–Crippen MR) is 142 cm³/mol. The molecule has 202 valence electrons. The number of amides is 2. The molecule has 1 aromatic carbocycles. The van der Waals surface area contributed by atoms with E-state index >= 15 is 0 Å². The zero-order chi connectivity index (χ0) is 26.0. The van der Waals surface area contributed by atoms with Crippen molar-refractivity contribution in [3.63, 3.8) is 0 Å². The van der Waals surface area contributed by atoms with Crippen LogP contribution >= 0.6 is 0 Å². The van der Waals surface area contributed by atoms with Crippen LogP contribution in [0.4, 0.5) is 0 Å². The molecule has 2 rings (SSSR count). The lowest BCUT2D eigenvalue weighted by Gasteiger charge is -2.34. The number of hydrogen-bond acceptors (Lipinski definition) is 5. The summed E-state index contributed by atoms with van der Waals surface area (Å²) >= 11 is 0. The number of ether oxygens (including phenoxy) is 2. The van der Waals surface area contributed by atoms with Crippen molar-refractivity contribution in [3.8, 4) is 5.75 Å². The van der Waals surface area contributed by atoms with E-state index in [4.69, 9.17) is 9.47 Å². The molecule has 1 atom stereocenters. The molecule has 7 nitrogen and oxygen atoms in total. The first kappa shape index (κ1) is 29.7. The highest BCUT2D eigenvalue weighted by Crippen LogP contribution is 2.18. The molecule has 7 heteroatoms. The summed E-state index contributed by atoms with van der Waals surface area (Å²) in [6.45, 7) is 6.13. The van der Waals surface area contributed by atoms with Gasteiger partial charge in [-0.25, -0.2) is 0 Å². The molecule has 1 fully saturated rings. The van der Waals surface area contributed by atoms with Gasteiger partial charge in [0.25, 0.3) is 5.91 Å². The number of piperazine rings is 1. The Morgan fingerprint density at radius 2 is 1.44 bits per heavy atom. The maximum Gasteiger partial charge on any atom is 0.308 e. The summed E-state index contributed by atoms with van der Waals surface area (Å²) < 4.78 is 11.1. The van der Waals surface area contributed by atoms with E-state index in [1.54, 1.807) is 24.3 Å². The molecule has 0 saturated carbocycles. The highest BCUT2D eigenvalue weighted by molar-refractivity contribution is 5.99.